The number of rotatable bonds is 2. The van der Waals surface area contributed by atoms with E-state index in [2.05, 4.69) is 0 Å². The molecule has 1 aromatic rings. The summed E-state index contributed by atoms with van der Waals surface area (Å²) in [6.45, 7) is -0.581. The Kier molecular flexibility index (Phi) is 3.50. The van der Waals surface area contributed by atoms with Crippen LogP contribution in [0.1, 0.15) is 20.7 Å². The quantitative estimate of drug-likeness (QED) is 0.589. The molecule has 2 aliphatic rings. The average molecular weight is 293 g/mol. The van der Waals surface area contributed by atoms with Crippen molar-refractivity contribution in [1.29, 1.82) is 0 Å². The number of imide groups is 1. The minimum absolute atomic E-state index is 0.130. The number of aliphatic hydroxyl groups is 3. The van der Waals surface area contributed by atoms with Gasteiger partial charge in [-0.25, -0.2) is 0 Å². The molecule has 2 aliphatic heterocycles. The molecule has 3 unspecified atom stereocenters. The summed E-state index contributed by atoms with van der Waals surface area (Å²) >= 11 is 0. The highest BCUT2D eigenvalue weighted by molar-refractivity contribution is 6.21. The van der Waals surface area contributed by atoms with E-state index in [4.69, 9.17) is 9.84 Å². The maximum absolute atomic E-state index is 12.3. The van der Waals surface area contributed by atoms with E-state index in [1.807, 2.05) is 0 Å². The Balaban J connectivity index is 1.89. The second-order valence-corrected chi connectivity index (χ2v) is 5.13. The smallest absolute Gasteiger partial charge is 0.261 e. The zero-order valence-electron chi connectivity index (χ0n) is 11.0. The highest BCUT2D eigenvalue weighted by Gasteiger charge is 2.48. The first kappa shape index (κ1) is 14.2. The molecule has 4 atom stereocenters. The summed E-state index contributed by atoms with van der Waals surface area (Å²) in [5, 5.41) is 29.0. The molecule has 0 spiro atoms. The fourth-order valence-electron chi connectivity index (χ4n) is 2.76. The SMILES string of the molecule is O=C1c2ccccc2C(=O)N1[C@@H]1COC(CO)C(O)C1O. The number of hydrogen-bond donors (Lipinski definition) is 3. The summed E-state index contributed by atoms with van der Waals surface area (Å²) in [4.78, 5) is 25.6. The summed E-state index contributed by atoms with van der Waals surface area (Å²) in [5.41, 5.74) is 0.543. The number of fused-ring (bicyclic) bond motifs is 1. The summed E-state index contributed by atoms with van der Waals surface area (Å²) in [7, 11) is 0. The first-order chi connectivity index (χ1) is 10.1. The van der Waals surface area contributed by atoms with Crippen LogP contribution in [0.4, 0.5) is 0 Å². The summed E-state index contributed by atoms with van der Waals surface area (Å²) in [6.07, 6.45) is -3.65. The number of nitrogens with zero attached hydrogens (tertiary/aromatic N) is 1. The minimum atomic E-state index is -1.36. The van der Waals surface area contributed by atoms with Gasteiger partial charge in [-0.05, 0) is 12.1 Å². The van der Waals surface area contributed by atoms with Crippen LogP contribution in [0.5, 0.6) is 0 Å². The van der Waals surface area contributed by atoms with Crippen molar-refractivity contribution in [3.63, 3.8) is 0 Å². The molecular weight excluding hydrogens is 278 g/mol. The third kappa shape index (κ3) is 2.06. The van der Waals surface area contributed by atoms with E-state index in [1.54, 1.807) is 24.3 Å². The van der Waals surface area contributed by atoms with E-state index in [0.29, 0.717) is 0 Å². The van der Waals surface area contributed by atoms with Crippen LogP contribution in [-0.2, 0) is 4.74 Å². The maximum Gasteiger partial charge on any atom is 0.261 e. The predicted molar refractivity (Wildman–Crippen MR) is 69.6 cm³/mol. The molecule has 21 heavy (non-hydrogen) atoms. The van der Waals surface area contributed by atoms with Crippen LogP contribution in [0.15, 0.2) is 24.3 Å². The van der Waals surface area contributed by atoms with Crippen molar-refractivity contribution >= 4 is 11.8 Å². The van der Waals surface area contributed by atoms with E-state index in [1.165, 1.54) is 0 Å². The molecule has 3 N–H and O–H groups in total. The van der Waals surface area contributed by atoms with E-state index >= 15 is 0 Å². The Morgan fingerprint density at radius 3 is 2.19 bits per heavy atom. The van der Waals surface area contributed by atoms with Crippen LogP contribution in [0.3, 0.4) is 0 Å². The standard InChI is InChI=1S/C14H15NO6/c16-5-10-12(18)11(17)9(6-21-10)15-13(19)7-3-1-2-4-8(7)14(15)20/h1-4,9-12,16-18H,5-6H2/t9-,10?,11?,12?/m1/s1. The van der Waals surface area contributed by atoms with Gasteiger partial charge < -0.3 is 20.1 Å². The van der Waals surface area contributed by atoms with Crippen LogP contribution in [0.25, 0.3) is 0 Å². The molecular formula is C14H15NO6. The normalized spacial score (nSPS) is 32.4. The number of aliphatic hydroxyl groups excluding tert-OH is 3. The van der Waals surface area contributed by atoms with Crippen molar-refractivity contribution in [1.82, 2.24) is 4.90 Å². The number of ether oxygens (including phenoxy) is 1. The summed E-state index contributed by atoms with van der Waals surface area (Å²) < 4.78 is 5.22. The predicted octanol–water partition coefficient (Wildman–Crippen LogP) is -1.24. The van der Waals surface area contributed by atoms with Gasteiger partial charge in [-0.1, -0.05) is 12.1 Å². The molecule has 2 heterocycles. The molecule has 1 saturated heterocycles. The van der Waals surface area contributed by atoms with Gasteiger partial charge in [0.1, 0.15) is 18.3 Å². The summed E-state index contributed by atoms with van der Waals surface area (Å²) in [5.74, 6) is -1.03. The Bertz CT molecular complexity index is 554. The minimum Gasteiger partial charge on any atom is -0.394 e. The molecule has 1 aromatic carbocycles. The van der Waals surface area contributed by atoms with E-state index in [9.17, 15) is 19.8 Å². The molecule has 0 radical (unpaired) electrons. The lowest BCUT2D eigenvalue weighted by Crippen LogP contribution is -2.61. The lowest BCUT2D eigenvalue weighted by molar-refractivity contribution is -0.171. The third-order valence-corrected chi connectivity index (χ3v) is 3.94. The number of carbonyl (C=O) groups is 2. The maximum atomic E-state index is 12.3. The van der Waals surface area contributed by atoms with Crippen LogP contribution in [-0.4, -0.2) is 69.6 Å². The topological polar surface area (TPSA) is 107 Å². The van der Waals surface area contributed by atoms with E-state index in [0.717, 1.165) is 4.90 Å². The molecule has 0 aromatic heterocycles. The van der Waals surface area contributed by atoms with Crippen LogP contribution in [0, 0.1) is 0 Å². The molecule has 7 nitrogen and oxygen atoms in total. The Labute approximate surface area is 120 Å². The van der Waals surface area contributed by atoms with Crippen LogP contribution < -0.4 is 0 Å². The van der Waals surface area contributed by atoms with Crippen molar-refractivity contribution in [2.75, 3.05) is 13.2 Å². The van der Waals surface area contributed by atoms with Crippen molar-refractivity contribution in [2.24, 2.45) is 0 Å². The van der Waals surface area contributed by atoms with Gasteiger partial charge in [0.15, 0.2) is 0 Å². The van der Waals surface area contributed by atoms with Gasteiger partial charge in [0.05, 0.1) is 30.4 Å². The first-order valence-electron chi connectivity index (χ1n) is 6.61. The molecule has 7 heteroatoms. The Morgan fingerprint density at radius 1 is 1.10 bits per heavy atom. The van der Waals surface area contributed by atoms with E-state index in [-0.39, 0.29) is 17.7 Å². The van der Waals surface area contributed by atoms with Crippen molar-refractivity contribution < 1.29 is 29.6 Å². The zero-order valence-corrected chi connectivity index (χ0v) is 11.0. The first-order valence-corrected chi connectivity index (χ1v) is 6.61. The van der Waals surface area contributed by atoms with Crippen LogP contribution in [0.2, 0.25) is 0 Å². The molecule has 2 amide bonds. The van der Waals surface area contributed by atoms with Gasteiger partial charge in [0.25, 0.3) is 11.8 Å². The van der Waals surface area contributed by atoms with Gasteiger partial charge in [-0.15, -0.1) is 0 Å². The van der Waals surface area contributed by atoms with Crippen molar-refractivity contribution in [2.45, 2.75) is 24.4 Å². The zero-order chi connectivity index (χ0) is 15.1. The fraction of sp³-hybridized carbons (Fsp3) is 0.429. The van der Waals surface area contributed by atoms with Gasteiger partial charge in [-0.2, -0.15) is 0 Å². The van der Waals surface area contributed by atoms with Crippen molar-refractivity contribution in [3.8, 4) is 0 Å². The number of amides is 2. The Morgan fingerprint density at radius 2 is 1.67 bits per heavy atom. The van der Waals surface area contributed by atoms with E-state index < -0.39 is 42.8 Å². The van der Waals surface area contributed by atoms with Crippen LogP contribution >= 0.6 is 0 Å². The molecule has 3 rings (SSSR count). The second-order valence-electron chi connectivity index (χ2n) is 5.13. The Hall–Kier alpha value is -1.80. The van der Waals surface area contributed by atoms with Gasteiger partial charge in [-0.3, -0.25) is 14.5 Å². The van der Waals surface area contributed by atoms with Gasteiger partial charge in [0, 0.05) is 0 Å². The monoisotopic (exact) mass is 293 g/mol. The molecule has 112 valence electrons. The largest absolute Gasteiger partial charge is 0.394 e. The lowest BCUT2D eigenvalue weighted by atomic mass is 9.97. The summed E-state index contributed by atoms with van der Waals surface area (Å²) in [6, 6.07) is 5.41. The van der Waals surface area contributed by atoms with Gasteiger partial charge in [0.2, 0.25) is 0 Å². The second kappa shape index (κ2) is 5.19. The average Bonchev–Trinajstić information content (AvgIpc) is 2.75. The molecule has 0 saturated carbocycles. The fourth-order valence-corrected chi connectivity index (χ4v) is 2.76. The van der Waals surface area contributed by atoms with Crippen molar-refractivity contribution in [3.05, 3.63) is 35.4 Å². The molecule has 0 bridgehead atoms. The highest BCUT2D eigenvalue weighted by atomic mass is 16.5. The van der Waals surface area contributed by atoms with Gasteiger partial charge >= 0.3 is 0 Å². The number of benzene rings is 1. The molecule has 1 fully saturated rings. The lowest BCUT2D eigenvalue weighted by Gasteiger charge is -2.40. The number of hydrogen-bond acceptors (Lipinski definition) is 6. The highest BCUT2D eigenvalue weighted by Crippen LogP contribution is 2.28. The number of carbonyl (C=O) groups excluding carboxylic acids is 2. The third-order valence-electron chi connectivity index (χ3n) is 3.94. The molecule has 0 aliphatic carbocycles.